The summed E-state index contributed by atoms with van der Waals surface area (Å²) in [5.74, 6) is -0.374. The van der Waals surface area contributed by atoms with E-state index in [0.717, 1.165) is 10.9 Å². The molecule has 26 heavy (non-hydrogen) atoms. The van der Waals surface area contributed by atoms with E-state index in [1.165, 1.54) is 12.1 Å². The van der Waals surface area contributed by atoms with Crippen molar-refractivity contribution in [1.82, 2.24) is 5.32 Å². The summed E-state index contributed by atoms with van der Waals surface area (Å²) in [5, 5.41) is 3.53. The van der Waals surface area contributed by atoms with E-state index >= 15 is 0 Å². The van der Waals surface area contributed by atoms with E-state index in [-0.39, 0.29) is 31.1 Å². The minimum atomic E-state index is -0.664. The number of benzene rings is 1. The third-order valence-electron chi connectivity index (χ3n) is 4.03. The molecule has 1 amide bonds. The van der Waals surface area contributed by atoms with Gasteiger partial charge in [0.2, 0.25) is 0 Å². The van der Waals surface area contributed by atoms with Crippen LogP contribution in [-0.4, -0.2) is 31.1 Å². The first-order chi connectivity index (χ1) is 12.3. The zero-order valence-corrected chi connectivity index (χ0v) is 15.3. The Balaban J connectivity index is 1.86. The van der Waals surface area contributed by atoms with E-state index in [1.54, 1.807) is 12.1 Å². The number of ether oxygens (including phenoxy) is 2. The highest BCUT2D eigenvalue weighted by molar-refractivity contribution is 5.82. The summed E-state index contributed by atoms with van der Waals surface area (Å²) in [6.45, 7) is 6.95. The number of aryl methyl sites for hydroxylation is 1. The van der Waals surface area contributed by atoms with E-state index in [1.807, 2.05) is 27.7 Å². The van der Waals surface area contributed by atoms with Gasteiger partial charge < -0.3 is 19.2 Å². The van der Waals surface area contributed by atoms with Gasteiger partial charge in [0.1, 0.15) is 11.3 Å². The van der Waals surface area contributed by atoms with Crippen molar-refractivity contribution in [2.24, 2.45) is 5.92 Å². The lowest BCUT2D eigenvalue weighted by Crippen LogP contribution is -2.39. The van der Waals surface area contributed by atoms with Crippen molar-refractivity contribution >= 4 is 22.8 Å². The minimum absolute atomic E-state index is 0.00633. The molecule has 0 aliphatic heterocycles. The average Bonchev–Trinajstić information content (AvgIpc) is 2.57. The molecule has 1 aromatic heterocycles. The zero-order chi connectivity index (χ0) is 19.3. The highest BCUT2D eigenvalue weighted by Gasteiger charge is 2.13. The average molecular weight is 361 g/mol. The van der Waals surface area contributed by atoms with Gasteiger partial charge in [0, 0.05) is 23.6 Å². The summed E-state index contributed by atoms with van der Waals surface area (Å²) in [5.41, 5.74) is 0.722. The van der Waals surface area contributed by atoms with Gasteiger partial charge in [-0.1, -0.05) is 13.8 Å². The maximum Gasteiger partial charge on any atom is 0.344 e. The van der Waals surface area contributed by atoms with Crippen LogP contribution in [0.3, 0.4) is 0 Å². The van der Waals surface area contributed by atoms with Crippen LogP contribution in [0.15, 0.2) is 33.5 Å². The number of hydrogen-bond donors (Lipinski definition) is 1. The molecule has 0 saturated heterocycles. The highest BCUT2D eigenvalue weighted by Crippen LogP contribution is 2.22. The van der Waals surface area contributed by atoms with Gasteiger partial charge in [-0.15, -0.1) is 0 Å². The second-order valence-electron chi connectivity index (χ2n) is 6.46. The molecule has 1 aromatic carbocycles. The molecular formula is C19H23NO6. The maximum atomic E-state index is 11.7. The van der Waals surface area contributed by atoms with Gasteiger partial charge in [-0.25, -0.2) is 9.59 Å². The summed E-state index contributed by atoms with van der Waals surface area (Å²) in [6.07, 6.45) is 0. The first kappa shape index (κ1) is 19.5. The van der Waals surface area contributed by atoms with E-state index in [9.17, 15) is 14.4 Å². The number of nitrogens with one attached hydrogen (secondary N) is 1. The lowest BCUT2D eigenvalue weighted by atomic mass is 10.1. The van der Waals surface area contributed by atoms with Crippen molar-refractivity contribution < 1.29 is 23.5 Å². The predicted octanol–water partition coefficient (Wildman–Crippen LogP) is 2.18. The molecule has 0 bridgehead atoms. The van der Waals surface area contributed by atoms with Crippen LogP contribution in [0.4, 0.5) is 0 Å². The normalized spacial score (nSPS) is 12.0. The Hall–Kier alpha value is -2.83. The molecule has 1 N–H and O–H groups in total. The number of amides is 1. The van der Waals surface area contributed by atoms with Crippen LogP contribution in [0, 0.1) is 12.8 Å². The molecule has 0 fully saturated rings. The van der Waals surface area contributed by atoms with Crippen LogP contribution in [0.2, 0.25) is 0 Å². The van der Waals surface area contributed by atoms with Crippen molar-refractivity contribution in [3.05, 3.63) is 40.2 Å². The lowest BCUT2D eigenvalue weighted by molar-refractivity contribution is -0.150. The Labute approximate surface area is 151 Å². The lowest BCUT2D eigenvalue weighted by Gasteiger charge is -2.17. The topological polar surface area (TPSA) is 94.8 Å². The highest BCUT2D eigenvalue weighted by atomic mass is 16.6. The standard InChI is InChI=1S/C19H23NO6/c1-11(2)13(4)20-17(21)9-25-19(23)10-24-14-5-6-15-12(3)7-18(22)26-16(15)8-14/h5-8,11,13H,9-10H2,1-4H3,(H,20,21)/t13-/m1/s1. The molecular weight excluding hydrogens is 338 g/mol. The van der Waals surface area contributed by atoms with Crippen molar-refractivity contribution in [2.45, 2.75) is 33.7 Å². The van der Waals surface area contributed by atoms with Crippen LogP contribution in [0.1, 0.15) is 26.3 Å². The van der Waals surface area contributed by atoms with Crippen molar-refractivity contribution in [2.75, 3.05) is 13.2 Å². The third-order valence-corrected chi connectivity index (χ3v) is 4.03. The molecule has 2 rings (SSSR count). The fraction of sp³-hybridized carbons (Fsp3) is 0.421. The SMILES string of the molecule is Cc1cc(=O)oc2cc(OCC(=O)OCC(=O)N[C@H](C)C(C)C)ccc12. The van der Waals surface area contributed by atoms with Gasteiger partial charge >= 0.3 is 11.6 Å². The van der Waals surface area contributed by atoms with Gasteiger partial charge in [0.15, 0.2) is 13.2 Å². The molecule has 0 aliphatic carbocycles. The Kier molecular flexibility index (Phi) is 6.38. The predicted molar refractivity (Wildman–Crippen MR) is 96.1 cm³/mol. The molecule has 140 valence electrons. The zero-order valence-electron chi connectivity index (χ0n) is 15.3. The fourth-order valence-corrected chi connectivity index (χ4v) is 2.19. The van der Waals surface area contributed by atoms with Gasteiger partial charge in [-0.05, 0) is 37.5 Å². The molecule has 1 heterocycles. The van der Waals surface area contributed by atoms with Crippen LogP contribution in [-0.2, 0) is 14.3 Å². The molecule has 0 radical (unpaired) electrons. The number of carbonyl (C=O) groups excluding carboxylic acids is 2. The van der Waals surface area contributed by atoms with E-state index in [0.29, 0.717) is 11.3 Å². The van der Waals surface area contributed by atoms with Gasteiger partial charge in [0.05, 0.1) is 0 Å². The van der Waals surface area contributed by atoms with Gasteiger partial charge in [0.25, 0.3) is 5.91 Å². The van der Waals surface area contributed by atoms with Crippen molar-refractivity contribution in [1.29, 1.82) is 0 Å². The molecule has 7 heteroatoms. The van der Waals surface area contributed by atoms with Gasteiger partial charge in [-0.2, -0.15) is 0 Å². The smallest absolute Gasteiger partial charge is 0.344 e. The number of hydrogen-bond acceptors (Lipinski definition) is 6. The first-order valence-corrected chi connectivity index (χ1v) is 8.38. The summed E-state index contributed by atoms with van der Waals surface area (Å²) in [4.78, 5) is 34.8. The van der Waals surface area contributed by atoms with Gasteiger partial charge in [-0.3, -0.25) is 4.79 Å². The summed E-state index contributed by atoms with van der Waals surface area (Å²) in [6, 6.07) is 6.35. The Morgan fingerprint density at radius 3 is 2.58 bits per heavy atom. The summed E-state index contributed by atoms with van der Waals surface area (Å²) in [7, 11) is 0. The summed E-state index contributed by atoms with van der Waals surface area (Å²) < 4.78 is 15.3. The van der Waals surface area contributed by atoms with E-state index in [4.69, 9.17) is 13.9 Å². The molecule has 0 unspecified atom stereocenters. The number of esters is 1. The molecule has 0 saturated carbocycles. The van der Waals surface area contributed by atoms with E-state index < -0.39 is 11.6 Å². The molecule has 2 aromatic rings. The maximum absolute atomic E-state index is 11.7. The molecule has 0 aliphatic rings. The van der Waals surface area contributed by atoms with Crippen LogP contribution < -0.4 is 15.7 Å². The van der Waals surface area contributed by atoms with Crippen LogP contribution in [0.5, 0.6) is 5.75 Å². The quantitative estimate of drug-likeness (QED) is 0.600. The van der Waals surface area contributed by atoms with Crippen LogP contribution in [0.25, 0.3) is 11.0 Å². The van der Waals surface area contributed by atoms with E-state index in [2.05, 4.69) is 5.32 Å². The summed E-state index contributed by atoms with van der Waals surface area (Å²) >= 11 is 0. The molecule has 1 atom stereocenters. The van der Waals surface area contributed by atoms with Crippen LogP contribution >= 0.6 is 0 Å². The minimum Gasteiger partial charge on any atom is -0.482 e. The third kappa shape index (κ3) is 5.34. The molecule has 7 nitrogen and oxygen atoms in total. The van der Waals surface area contributed by atoms with Crippen molar-refractivity contribution in [3.8, 4) is 5.75 Å². The van der Waals surface area contributed by atoms with Crippen molar-refractivity contribution in [3.63, 3.8) is 0 Å². The first-order valence-electron chi connectivity index (χ1n) is 8.38. The number of carbonyl (C=O) groups is 2. The Morgan fingerprint density at radius 1 is 1.15 bits per heavy atom. The Bertz CT molecular complexity index is 855. The monoisotopic (exact) mass is 361 g/mol. The second-order valence-corrected chi connectivity index (χ2v) is 6.46. The fourth-order valence-electron chi connectivity index (χ4n) is 2.19. The Morgan fingerprint density at radius 2 is 1.88 bits per heavy atom. The number of rotatable bonds is 7. The number of fused-ring (bicyclic) bond motifs is 1. The molecule has 0 spiro atoms. The largest absolute Gasteiger partial charge is 0.482 e. The second kappa shape index (κ2) is 8.51.